The Morgan fingerprint density at radius 3 is 1.75 bits per heavy atom. The largest absolute Gasteiger partial charge is 0.507 e. The van der Waals surface area contributed by atoms with Gasteiger partial charge in [0.2, 0.25) is 0 Å². The van der Waals surface area contributed by atoms with Gasteiger partial charge in [0.25, 0.3) is 0 Å². The van der Waals surface area contributed by atoms with E-state index in [4.69, 9.17) is 9.97 Å². The molecule has 0 unspecified atom stereocenters. The van der Waals surface area contributed by atoms with Crippen molar-refractivity contribution in [2.24, 2.45) is 0 Å². The summed E-state index contributed by atoms with van der Waals surface area (Å²) < 4.78 is 20.9. The monoisotopic (exact) mass is 883 g/mol. The maximum absolute atomic E-state index is 12.2. The van der Waals surface area contributed by atoms with Crippen LogP contribution in [0.5, 0.6) is 5.75 Å². The number of aromatic hydroxyl groups is 1. The van der Waals surface area contributed by atoms with Crippen molar-refractivity contribution in [1.82, 2.24) is 14.5 Å². The van der Waals surface area contributed by atoms with Gasteiger partial charge in [0, 0.05) is 31.2 Å². The fourth-order valence-electron chi connectivity index (χ4n) is 9.99. The topological polar surface area (TPSA) is 50.9 Å². The molecule has 11 rings (SSSR count). The number of imidazole rings is 1. The van der Waals surface area contributed by atoms with Crippen LogP contribution in [0, 0.1) is 0 Å². The molecule has 4 nitrogen and oxygen atoms in total. The van der Waals surface area contributed by atoms with Crippen LogP contribution in [0.1, 0.15) is 77.7 Å². The van der Waals surface area contributed by atoms with Crippen LogP contribution in [0.15, 0.2) is 212 Å². The summed E-state index contributed by atoms with van der Waals surface area (Å²) in [4.78, 5) is 10.4. The van der Waals surface area contributed by atoms with Crippen molar-refractivity contribution in [3.05, 3.63) is 229 Å². The van der Waals surface area contributed by atoms with E-state index in [1.54, 1.807) is 0 Å². The molecule has 1 fully saturated rings. The highest BCUT2D eigenvalue weighted by Crippen LogP contribution is 2.45. The van der Waals surface area contributed by atoms with E-state index in [0.717, 1.165) is 83.6 Å². The number of phenolic OH excluding ortho intramolecular Hbond substituents is 1. The summed E-state index contributed by atoms with van der Waals surface area (Å²) in [7, 11) is 0. The second-order valence-corrected chi connectivity index (χ2v) is 19.0. The van der Waals surface area contributed by atoms with Crippen LogP contribution >= 0.6 is 0 Å². The third kappa shape index (κ3) is 8.32. The Kier molecular flexibility index (Phi) is 10.8. The maximum Gasteiger partial charge on any atom is 0.149 e. The summed E-state index contributed by atoms with van der Waals surface area (Å²) in [5.74, 6) is -0.534. The van der Waals surface area contributed by atoms with E-state index >= 15 is 0 Å². The second-order valence-electron chi connectivity index (χ2n) is 19.0. The summed E-state index contributed by atoms with van der Waals surface area (Å²) in [5, 5.41) is 12.2. The first-order valence-electron chi connectivity index (χ1n) is 24.8. The van der Waals surface area contributed by atoms with Gasteiger partial charge in [-0.3, -0.25) is 9.55 Å². The predicted octanol–water partition coefficient (Wildman–Crippen LogP) is 16.9. The molecule has 0 spiro atoms. The van der Waals surface area contributed by atoms with Crippen molar-refractivity contribution >= 4 is 11.0 Å². The number of rotatable bonds is 9. The van der Waals surface area contributed by atoms with E-state index in [9.17, 15) is 7.85 Å². The summed E-state index contributed by atoms with van der Waals surface area (Å²) in [5.41, 5.74) is 16.3. The zero-order valence-electron chi connectivity index (χ0n) is 40.8. The van der Waals surface area contributed by atoms with Crippen molar-refractivity contribution in [2.75, 3.05) is 0 Å². The van der Waals surface area contributed by atoms with Crippen molar-refractivity contribution in [3.8, 4) is 78.6 Å². The molecule has 332 valence electrons. The molecule has 4 heteroatoms. The van der Waals surface area contributed by atoms with Gasteiger partial charge in [0.05, 0.1) is 28.0 Å². The highest BCUT2D eigenvalue weighted by Gasteiger charge is 2.26. The van der Waals surface area contributed by atoms with Gasteiger partial charge in [-0.1, -0.05) is 185 Å². The minimum Gasteiger partial charge on any atom is -0.507 e. The quantitative estimate of drug-likeness (QED) is 0.157. The van der Waals surface area contributed by atoms with Crippen LogP contribution in [-0.4, -0.2) is 19.6 Å². The summed E-state index contributed by atoms with van der Waals surface area (Å²) in [6.07, 6.45) is 4.51. The lowest BCUT2D eigenvalue weighted by Gasteiger charge is -2.29. The number of phenols is 1. The number of hydrogen-bond donors (Lipinski definition) is 1. The van der Waals surface area contributed by atoms with Crippen molar-refractivity contribution in [3.63, 3.8) is 0 Å². The van der Waals surface area contributed by atoms with Crippen molar-refractivity contribution in [2.45, 2.75) is 63.7 Å². The van der Waals surface area contributed by atoms with Crippen LogP contribution in [0.2, 0.25) is 0 Å². The summed E-state index contributed by atoms with van der Waals surface area (Å²) in [6, 6.07) is 70.9. The standard InChI is InChI=1S/C64H55N3O/c1-64(2,3)53-36-37-59(57(42-53)49-20-11-6-12-21-49)67-60-27-15-24-54(61(60)66-63(67)56-26-14-25-55(62(56)68)48-18-9-5-10-19-48)51-22-13-23-52(40-51)58-41-50(38-39-65-58)47-34-32-46(33-35-47)45-30-28-44(29-31-45)43-16-7-4-8-17-43/h4-27,32-42,44-45,68H,28-31H2,1-3H3/i44D,45D. The Morgan fingerprint density at radius 2 is 1.06 bits per heavy atom. The second kappa shape index (κ2) is 18.1. The van der Waals surface area contributed by atoms with Gasteiger partial charge < -0.3 is 5.11 Å². The maximum atomic E-state index is 12.2. The SMILES string of the molecule is [2H]C1(c2ccccc2)CCC([2H])(c2ccc(-c3ccnc(-c4cccc(-c5cccc6c5nc(-c5cccc(-c7ccccc7)c5O)n6-c5ccc(C(C)(C)C)cc5-c5ccccc5)c4)c3)cc2)CC1. The lowest BCUT2D eigenvalue weighted by atomic mass is 9.76. The molecule has 68 heavy (non-hydrogen) atoms. The van der Waals surface area contributed by atoms with Crippen molar-refractivity contribution < 1.29 is 7.85 Å². The van der Waals surface area contributed by atoms with E-state index in [1.807, 2.05) is 85.1 Å². The minimum absolute atomic E-state index is 0.0803. The molecule has 0 amide bonds. The number of hydrogen-bond acceptors (Lipinski definition) is 3. The molecule has 2 aromatic heterocycles. The van der Waals surface area contributed by atoms with Gasteiger partial charge in [-0.25, -0.2) is 4.98 Å². The Hall–Kier alpha value is -7.82. The van der Waals surface area contributed by atoms with E-state index in [2.05, 4.69) is 153 Å². The third-order valence-electron chi connectivity index (χ3n) is 13.7. The van der Waals surface area contributed by atoms with Gasteiger partial charge in [-0.2, -0.15) is 0 Å². The Labute approximate surface area is 403 Å². The number of nitrogens with zero attached hydrogens (tertiary/aromatic N) is 3. The molecule has 10 aromatic rings. The fraction of sp³-hybridized carbons (Fsp3) is 0.156. The molecule has 2 heterocycles. The van der Waals surface area contributed by atoms with E-state index in [-0.39, 0.29) is 11.2 Å². The molecule has 0 radical (unpaired) electrons. The van der Waals surface area contributed by atoms with Gasteiger partial charge in [-0.15, -0.1) is 0 Å². The lowest BCUT2D eigenvalue weighted by Crippen LogP contribution is -2.12. The van der Waals surface area contributed by atoms with Crippen LogP contribution in [0.25, 0.3) is 83.9 Å². The molecule has 8 aromatic carbocycles. The van der Waals surface area contributed by atoms with Crippen molar-refractivity contribution in [1.29, 1.82) is 0 Å². The third-order valence-corrected chi connectivity index (χ3v) is 13.7. The molecule has 0 atom stereocenters. The molecule has 0 bridgehead atoms. The van der Waals surface area contributed by atoms with Gasteiger partial charge in [-0.05, 0) is 130 Å². The Bertz CT molecular complexity index is 3500. The first-order chi connectivity index (χ1) is 34.0. The molecule has 1 aliphatic rings. The summed E-state index contributed by atoms with van der Waals surface area (Å²) >= 11 is 0. The lowest BCUT2D eigenvalue weighted by molar-refractivity contribution is 0.396. The number of fused-ring (bicyclic) bond motifs is 1. The zero-order chi connectivity index (χ0) is 48.0. The number of aromatic nitrogens is 3. The highest BCUT2D eigenvalue weighted by molar-refractivity contribution is 5.98. The molecule has 1 aliphatic carbocycles. The normalized spacial score (nSPS) is 17.7. The van der Waals surface area contributed by atoms with Crippen LogP contribution in [-0.2, 0) is 5.41 Å². The van der Waals surface area contributed by atoms with Crippen LogP contribution in [0.4, 0.5) is 0 Å². The average Bonchev–Trinajstić information content (AvgIpc) is 3.79. The minimum atomic E-state index is -0.713. The van der Waals surface area contributed by atoms with E-state index in [1.165, 1.54) is 5.56 Å². The molecular weight excluding hydrogens is 827 g/mol. The average molecular weight is 884 g/mol. The number of pyridine rings is 1. The first-order valence-corrected chi connectivity index (χ1v) is 23.8. The smallest absolute Gasteiger partial charge is 0.149 e. The molecule has 1 saturated carbocycles. The molecule has 0 saturated heterocycles. The van der Waals surface area contributed by atoms with E-state index in [0.29, 0.717) is 37.1 Å². The highest BCUT2D eigenvalue weighted by atomic mass is 16.3. The molecular formula is C64H55N3O. The fourth-order valence-corrected chi connectivity index (χ4v) is 9.99. The predicted molar refractivity (Wildman–Crippen MR) is 282 cm³/mol. The van der Waals surface area contributed by atoms with E-state index < -0.39 is 11.8 Å². The van der Waals surface area contributed by atoms with Crippen LogP contribution < -0.4 is 0 Å². The number of para-hydroxylation sites is 2. The summed E-state index contributed by atoms with van der Waals surface area (Å²) in [6.45, 7) is 6.73. The van der Waals surface area contributed by atoms with Gasteiger partial charge >= 0.3 is 0 Å². The van der Waals surface area contributed by atoms with Gasteiger partial charge in [0.1, 0.15) is 11.6 Å². The number of benzene rings is 8. The van der Waals surface area contributed by atoms with Gasteiger partial charge in [0.15, 0.2) is 0 Å². The Balaban J connectivity index is 0.979. The van der Waals surface area contributed by atoms with Crippen LogP contribution in [0.3, 0.4) is 0 Å². The zero-order valence-corrected chi connectivity index (χ0v) is 38.8. The molecule has 1 N–H and O–H groups in total. The molecule has 0 aliphatic heterocycles. The Morgan fingerprint density at radius 1 is 0.485 bits per heavy atom. The first kappa shape index (κ1) is 40.5.